The summed E-state index contributed by atoms with van der Waals surface area (Å²) < 4.78 is 23.4. The molecule has 2 fully saturated rings. The van der Waals surface area contributed by atoms with Gasteiger partial charge in [-0.05, 0) is 68.8 Å². The van der Waals surface area contributed by atoms with Crippen LogP contribution in [0, 0.1) is 6.92 Å². The van der Waals surface area contributed by atoms with Crippen LogP contribution in [0.25, 0.3) is 0 Å². The van der Waals surface area contributed by atoms with E-state index >= 15 is 0 Å². The van der Waals surface area contributed by atoms with Crippen molar-refractivity contribution in [1.29, 1.82) is 0 Å². The van der Waals surface area contributed by atoms with Crippen molar-refractivity contribution in [2.45, 2.75) is 37.6 Å². The maximum absolute atomic E-state index is 12.6. The number of fused-ring (bicyclic) bond motifs is 1. The zero-order valence-corrected chi connectivity index (χ0v) is 23.0. The third-order valence-electron chi connectivity index (χ3n) is 7.20. The minimum absolute atomic E-state index is 0.0118. The molecule has 3 aliphatic rings. The van der Waals surface area contributed by atoms with Crippen molar-refractivity contribution in [3.63, 3.8) is 0 Å². The normalized spacial score (nSPS) is 25.0. The van der Waals surface area contributed by atoms with E-state index in [0.717, 1.165) is 43.5 Å². The smallest absolute Gasteiger partial charge is 0.251 e. The van der Waals surface area contributed by atoms with Gasteiger partial charge < -0.3 is 15.5 Å². The van der Waals surface area contributed by atoms with E-state index < -0.39 is 9.84 Å². The molecule has 0 bridgehead atoms. The average molecular weight is 542 g/mol. The fraction of sp³-hybridized carbons (Fsp3) is 0.481. The molecule has 0 radical (unpaired) electrons. The van der Waals surface area contributed by atoms with E-state index in [-0.39, 0.29) is 28.7 Å². The molecule has 2 saturated heterocycles. The number of benzene rings is 2. The summed E-state index contributed by atoms with van der Waals surface area (Å²) in [6.07, 6.45) is 0.914. The van der Waals surface area contributed by atoms with Crippen LogP contribution in [0.2, 0.25) is 0 Å². The number of hydrogen-bond donors (Lipinski definition) is 2. The van der Waals surface area contributed by atoms with E-state index in [1.54, 1.807) is 12.1 Å². The van der Waals surface area contributed by atoms with Crippen LogP contribution in [0.5, 0.6) is 0 Å². The molecule has 3 aliphatic heterocycles. The number of carbonyl (C=O) groups excluding carboxylic acids is 1. The highest BCUT2D eigenvalue weighted by Gasteiger charge is 2.42. The number of hydrogen-bond acceptors (Lipinski definition) is 8. The molecule has 1 amide bonds. The fourth-order valence-electron chi connectivity index (χ4n) is 5.28. The van der Waals surface area contributed by atoms with Crippen LogP contribution in [0.4, 0.5) is 11.4 Å². The lowest BCUT2D eigenvalue weighted by molar-refractivity contribution is 0.0951. The maximum Gasteiger partial charge on any atom is 0.251 e. The van der Waals surface area contributed by atoms with Gasteiger partial charge in [0.1, 0.15) is 0 Å². The summed E-state index contributed by atoms with van der Waals surface area (Å²) in [4.78, 5) is 22.1. The number of nitrogens with one attached hydrogen (secondary N) is 2. The first kappa shape index (κ1) is 26.1. The largest absolute Gasteiger partial charge is 0.366 e. The summed E-state index contributed by atoms with van der Waals surface area (Å²) in [6.45, 7) is 9.10. The van der Waals surface area contributed by atoms with Crippen LogP contribution >= 0.6 is 11.8 Å². The highest BCUT2D eigenvalue weighted by atomic mass is 32.2. The molecule has 0 saturated carbocycles. The molecule has 5 rings (SSSR count). The Hall–Kier alpha value is -2.56. The Bertz CT molecular complexity index is 1270. The van der Waals surface area contributed by atoms with Gasteiger partial charge in [0.05, 0.1) is 17.5 Å². The van der Waals surface area contributed by atoms with Crippen molar-refractivity contribution in [1.82, 2.24) is 10.2 Å². The topological polar surface area (TPSA) is 94.1 Å². The summed E-state index contributed by atoms with van der Waals surface area (Å²) in [7, 11) is -2.95. The third-order valence-corrected chi connectivity index (χ3v) is 10.3. The Labute approximate surface area is 223 Å². The summed E-state index contributed by atoms with van der Waals surface area (Å²) in [6, 6.07) is 16.3. The highest BCUT2D eigenvalue weighted by Crippen LogP contribution is 2.34. The van der Waals surface area contributed by atoms with Crippen LogP contribution in [-0.2, 0) is 9.84 Å². The van der Waals surface area contributed by atoms with Gasteiger partial charge in [0, 0.05) is 54.4 Å². The molecule has 198 valence electrons. The molecule has 0 unspecified atom stereocenters. The van der Waals surface area contributed by atoms with Crippen LogP contribution < -0.4 is 15.5 Å². The van der Waals surface area contributed by atoms with E-state index in [2.05, 4.69) is 63.5 Å². The van der Waals surface area contributed by atoms with Gasteiger partial charge >= 0.3 is 0 Å². The van der Waals surface area contributed by atoms with Crippen LogP contribution in [0.1, 0.15) is 29.3 Å². The number of aryl methyl sites for hydroxylation is 1. The molecule has 0 aromatic heterocycles. The number of thioether (sulfide) groups is 1. The Morgan fingerprint density at radius 1 is 1.14 bits per heavy atom. The van der Waals surface area contributed by atoms with E-state index in [4.69, 9.17) is 0 Å². The van der Waals surface area contributed by atoms with Gasteiger partial charge in [-0.3, -0.25) is 14.7 Å². The first-order valence-corrected chi connectivity index (χ1v) is 15.6. The molecular weight excluding hydrogens is 506 g/mol. The number of piperazine rings is 1. The van der Waals surface area contributed by atoms with Crippen LogP contribution in [0.3, 0.4) is 0 Å². The molecule has 0 spiro atoms. The molecular formula is C27H35N5O3S2. The predicted molar refractivity (Wildman–Crippen MR) is 153 cm³/mol. The van der Waals surface area contributed by atoms with E-state index in [1.807, 2.05) is 12.1 Å². The van der Waals surface area contributed by atoms with Gasteiger partial charge in [-0.2, -0.15) is 0 Å². The number of rotatable bonds is 7. The van der Waals surface area contributed by atoms with Crippen molar-refractivity contribution in [2.24, 2.45) is 4.99 Å². The predicted octanol–water partition coefficient (Wildman–Crippen LogP) is 3.01. The quantitative estimate of drug-likeness (QED) is 0.521. The van der Waals surface area contributed by atoms with Gasteiger partial charge in [-0.25, -0.2) is 8.42 Å². The molecule has 3 atom stereocenters. The number of carbonyl (C=O) groups is 1. The lowest BCUT2D eigenvalue weighted by atomic mass is 10.1. The molecule has 10 heteroatoms. The summed E-state index contributed by atoms with van der Waals surface area (Å²) in [5, 5.41) is 7.04. The van der Waals surface area contributed by atoms with Gasteiger partial charge in [-0.1, -0.05) is 23.9 Å². The second kappa shape index (κ2) is 11.0. The minimum atomic E-state index is -2.95. The fourth-order valence-corrected chi connectivity index (χ4v) is 8.95. The van der Waals surface area contributed by atoms with Crippen LogP contribution in [-0.4, -0.2) is 86.0 Å². The number of aliphatic imine (C=N–C) groups is 1. The standard InChI is InChI=1S/C27H35N5O3S2/c1-19-5-3-6-23(15-19)32-14-13-31(16-20(32)2)12-4-11-28-26(33)21-7-9-22(10-8-21)29-27-30-24-17-37(34,35)18-25(24)36-27/h3,5-10,15,20,24-25H,4,11-14,16-18H2,1-2H3,(H,28,33)(H,29,30)/t20-,24+,25-/m0/s1. The Morgan fingerprint density at radius 3 is 2.68 bits per heavy atom. The first-order valence-electron chi connectivity index (χ1n) is 12.9. The number of amidine groups is 1. The highest BCUT2D eigenvalue weighted by molar-refractivity contribution is 8.15. The number of amides is 1. The van der Waals surface area contributed by atoms with E-state index in [0.29, 0.717) is 18.2 Å². The summed E-state index contributed by atoms with van der Waals surface area (Å²) in [5.74, 6) is 0.257. The molecule has 0 aliphatic carbocycles. The van der Waals surface area contributed by atoms with Crippen molar-refractivity contribution >= 4 is 44.0 Å². The van der Waals surface area contributed by atoms with Gasteiger partial charge in [0.15, 0.2) is 15.0 Å². The maximum atomic E-state index is 12.6. The SMILES string of the molecule is Cc1cccc(N2CCN(CCCNC(=O)c3ccc(NC4=N[C@@H]5CS(=O)(=O)C[C@@H]5S4)cc3)C[C@@H]2C)c1. The van der Waals surface area contributed by atoms with Crippen molar-refractivity contribution in [3.8, 4) is 0 Å². The summed E-state index contributed by atoms with van der Waals surface area (Å²) in [5.41, 5.74) is 4.05. The molecule has 2 N–H and O–H groups in total. The second-order valence-electron chi connectivity index (χ2n) is 10.2. The van der Waals surface area contributed by atoms with Gasteiger partial charge in [0.25, 0.3) is 5.91 Å². The lowest BCUT2D eigenvalue weighted by Crippen LogP contribution is -2.52. The minimum Gasteiger partial charge on any atom is -0.366 e. The first-order chi connectivity index (χ1) is 17.8. The Morgan fingerprint density at radius 2 is 1.95 bits per heavy atom. The molecule has 8 nitrogen and oxygen atoms in total. The molecule has 3 heterocycles. The van der Waals surface area contributed by atoms with Crippen molar-refractivity contribution in [2.75, 3.05) is 54.4 Å². The average Bonchev–Trinajstić information content (AvgIpc) is 3.34. The van der Waals surface area contributed by atoms with E-state index in [9.17, 15) is 13.2 Å². The molecule has 2 aromatic rings. The second-order valence-corrected chi connectivity index (χ2v) is 13.6. The number of anilines is 2. The van der Waals surface area contributed by atoms with Crippen molar-refractivity contribution in [3.05, 3.63) is 59.7 Å². The van der Waals surface area contributed by atoms with Crippen molar-refractivity contribution < 1.29 is 13.2 Å². The Balaban J connectivity index is 1.02. The monoisotopic (exact) mass is 541 g/mol. The number of nitrogens with zero attached hydrogens (tertiary/aromatic N) is 3. The molecule has 2 aromatic carbocycles. The van der Waals surface area contributed by atoms with Gasteiger partial charge in [0.2, 0.25) is 0 Å². The molecule has 37 heavy (non-hydrogen) atoms. The van der Waals surface area contributed by atoms with E-state index in [1.165, 1.54) is 23.0 Å². The third kappa shape index (κ3) is 6.48. The Kier molecular flexibility index (Phi) is 7.78. The zero-order valence-electron chi connectivity index (χ0n) is 21.4. The zero-order chi connectivity index (χ0) is 26.0. The van der Waals surface area contributed by atoms with Gasteiger partial charge in [-0.15, -0.1) is 0 Å². The summed E-state index contributed by atoms with van der Waals surface area (Å²) >= 11 is 1.49. The lowest BCUT2D eigenvalue weighted by Gasteiger charge is -2.41. The number of sulfone groups is 1. The van der Waals surface area contributed by atoms with Crippen LogP contribution in [0.15, 0.2) is 53.5 Å².